The number of nitrogens with two attached hydrogens (primary N) is 1. The molecule has 1 rings (SSSR count). The minimum absolute atomic E-state index is 0.0405. The number of carbonyl (C=O) groups excluding carboxylic acids is 1. The Labute approximate surface area is 115 Å². The van der Waals surface area contributed by atoms with Gasteiger partial charge in [-0.2, -0.15) is 13.2 Å². The molecule has 0 fully saturated rings. The third kappa shape index (κ3) is 4.73. The minimum Gasteiger partial charge on any atom is -0.385 e. The highest BCUT2D eigenvalue weighted by molar-refractivity contribution is 5.93. The molecular weight excluding hydrogens is 271 g/mol. The zero-order chi connectivity index (χ0) is 15.3. The molecule has 1 aromatic rings. The van der Waals surface area contributed by atoms with Gasteiger partial charge in [0.05, 0.1) is 5.56 Å². The van der Waals surface area contributed by atoms with E-state index in [1.807, 2.05) is 19.0 Å². The molecule has 0 bridgehead atoms. The van der Waals surface area contributed by atoms with Gasteiger partial charge < -0.3 is 16.0 Å². The van der Waals surface area contributed by atoms with Gasteiger partial charge in [0.2, 0.25) is 5.91 Å². The second kappa shape index (κ2) is 6.60. The number of nitrogens with one attached hydrogen (secondary N) is 1. The first kappa shape index (κ1) is 16.3. The van der Waals surface area contributed by atoms with Crippen molar-refractivity contribution in [3.63, 3.8) is 0 Å². The molecule has 0 aliphatic carbocycles. The summed E-state index contributed by atoms with van der Waals surface area (Å²) in [6.07, 6.45) is -3.82. The van der Waals surface area contributed by atoms with Gasteiger partial charge in [-0.05, 0) is 45.3 Å². The van der Waals surface area contributed by atoms with Crippen molar-refractivity contribution >= 4 is 11.6 Å². The maximum Gasteiger partial charge on any atom is 0.418 e. The van der Waals surface area contributed by atoms with E-state index in [2.05, 4.69) is 5.32 Å². The second-order valence-corrected chi connectivity index (χ2v) is 4.71. The van der Waals surface area contributed by atoms with E-state index in [4.69, 9.17) is 5.73 Å². The monoisotopic (exact) mass is 289 g/mol. The van der Waals surface area contributed by atoms with Crippen LogP contribution < -0.4 is 11.1 Å². The summed E-state index contributed by atoms with van der Waals surface area (Å²) < 4.78 is 38.8. The molecule has 0 unspecified atom stereocenters. The van der Waals surface area contributed by atoms with Crippen LogP contribution in [-0.2, 0) is 6.18 Å². The highest BCUT2D eigenvalue weighted by Gasteiger charge is 2.34. The van der Waals surface area contributed by atoms with Crippen molar-refractivity contribution in [3.05, 3.63) is 29.3 Å². The molecule has 4 nitrogen and oxygen atoms in total. The number of benzene rings is 1. The van der Waals surface area contributed by atoms with Crippen molar-refractivity contribution in [2.24, 2.45) is 5.73 Å². The van der Waals surface area contributed by atoms with E-state index < -0.39 is 17.6 Å². The molecule has 112 valence electrons. The van der Waals surface area contributed by atoms with Crippen LogP contribution >= 0.6 is 0 Å². The van der Waals surface area contributed by atoms with E-state index >= 15 is 0 Å². The molecule has 0 saturated carbocycles. The van der Waals surface area contributed by atoms with Gasteiger partial charge >= 0.3 is 6.18 Å². The van der Waals surface area contributed by atoms with Crippen molar-refractivity contribution < 1.29 is 18.0 Å². The molecule has 0 aliphatic heterocycles. The van der Waals surface area contributed by atoms with Crippen LogP contribution in [-0.4, -0.2) is 38.0 Å². The fourth-order valence-electron chi connectivity index (χ4n) is 1.70. The van der Waals surface area contributed by atoms with Crippen molar-refractivity contribution in [1.29, 1.82) is 0 Å². The number of carbonyl (C=O) groups is 1. The third-order valence-corrected chi connectivity index (χ3v) is 2.71. The molecular formula is C13H18F3N3O. The molecule has 0 aliphatic rings. The molecule has 7 heteroatoms. The normalized spacial score (nSPS) is 11.7. The van der Waals surface area contributed by atoms with Gasteiger partial charge in [-0.25, -0.2) is 0 Å². The second-order valence-electron chi connectivity index (χ2n) is 4.71. The number of alkyl halides is 3. The zero-order valence-electron chi connectivity index (χ0n) is 11.4. The van der Waals surface area contributed by atoms with Gasteiger partial charge in [-0.3, -0.25) is 4.79 Å². The first-order chi connectivity index (χ1) is 9.21. The first-order valence-electron chi connectivity index (χ1n) is 6.11. The maximum atomic E-state index is 12.9. The lowest BCUT2D eigenvalue weighted by atomic mass is 10.1. The fraction of sp³-hybridized carbons (Fsp3) is 0.462. The third-order valence-electron chi connectivity index (χ3n) is 2.71. The largest absolute Gasteiger partial charge is 0.418 e. The molecule has 0 spiro atoms. The Kier molecular flexibility index (Phi) is 5.38. The molecule has 3 N–H and O–H groups in total. The number of primary amides is 1. The van der Waals surface area contributed by atoms with Crippen LogP contribution in [0.3, 0.4) is 0 Å². The molecule has 0 radical (unpaired) electrons. The van der Waals surface area contributed by atoms with E-state index in [-0.39, 0.29) is 11.3 Å². The van der Waals surface area contributed by atoms with Crippen LogP contribution in [0.5, 0.6) is 0 Å². The Balaban J connectivity index is 2.87. The van der Waals surface area contributed by atoms with E-state index in [9.17, 15) is 18.0 Å². The average molecular weight is 289 g/mol. The predicted octanol–water partition coefficient (Wildman–Crippen LogP) is 2.17. The Morgan fingerprint density at radius 1 is 1.35 bits per heavy atom. The molecule has 0 atom stereocenters. The Morgan fingerprint density at radius 2 is 2.00 bits per heavy atom. The number of hydrogen-bond donors (Lipinski definition) is 2. The molecule has 0 heterocycles. The van der Waals surface area contributed by atoms with Gasteiger partial charge in [0.1, 0.15) is 0 Å². The Hall–Kier alpha value is -1.76. The minimum atomic E-state index is -4.53. The first-order valence-corrected chi connectivity index (χ1v) is 6.11. The van der Waals surface area contributed by atoms with E-state index in [1.165, 1.54) is 12.1 Å². The molecule has 1 amide bonds. The number of halogens is 3. The standard InChI is InChI=1S/C13H18F3N3O/c1-19(2)7-3-6-18-11-5-4-9(12(17)20)8-10(11)13(14,15)16/h4-5,8,18H,3,6-7H2,1-2H3,(H2,17,20). The van der Waals surface area contributed by atoms with Crippen LogP contribution in [0.4, 0.5) is 18.9 Å². The van der Waals surface area contributed by atoms with Gasteiger partial charge in [0.15, 0.2) is 0 Å². The predicted molar refractivity (Wildman–Crippen MR) is 71.6 cm³/mol. The van der Waals surface area contributed by atoms with Gasteiger partial charge in [0.25, 0.3) is 0 Å². The SMILES string of the molecule is CN(C)CCCNc1ccc(C(N)=O)cc1C(F)(F)F. The van der Waals surface area contributed by atoms with Crippen molar-refractivity contribution in [3.8, 4) is 0 Å². The maximum absolute atomic E-state index is 12.9. The number of nitrogens with zero attached hydrogens (tertiary/aromatic N) is 1. The summed E-state index contributed by atoms with van der Waals surface area (Å²) in [6, 6.07) is 3.29. The number of hydrogen-bond acceptors (Lipinski definition) is 3. The fourth-order valence-corrected chi connectivity index (χ4v) is 1.70. The summed E-state index contributed by atoms with van der Waals surface area (Å²) in [7, 11) is 3.78. The van der Waals surface area contributed by atoms with Crippen molar-refractivity contribution in [1.82, 2.24) is 4.90 Å². The summed E-state index contributed by atoms with van der Waals surface area (Å²) in [5.74, 6) is -0.880. The summed E-state index contributed by atoms with van der Waals surface area (Å²) in [5, 5.41) is 2.74. The summed E-state index contributed by atoms with van der Waals surface area (Å²) >= 11 is 0. The van der Waals surface area contributed by atoms with Gasteiger partial charge in [-0.15, -0.1) is 0 Å². The zero-order valence-corrected chi connectivity index (χ0v) is 11.4. The molecule has 20 heavy (non-hydrogen) atoms. The number of anilines is 1. The van der Waals surface area contributed by atoms with Gasteiger partial charge in [0, 0.05) is 17.8 Å². The lowest BCUT2D eigenvalue weighted by Gasteiger charge is -2.16. The molecule has 1 aromatic carbocycles. The van der Waals surface area contributed by atoms with Crippen molar-refractivity contribution in [2.45, 2.75) is 12.6 Å². The van der Waals surface area contributed by atoms with Crippen LogP contribution in [0.2, 0.25) is 0 Å². The highest BCUT2D eigenvalue weighted by Crippen LogP contribution is 2.35. The van der Waals surface area contributed by atoms with Crippen LogP contribution in [0.15, 0.2) is 18.2 Å². The summed E-state index contributed by atoms with van der Waals surface area (Å²) in [4.78, 5) is 12.9. The number of amides is 1. The summed E-state index contributed by atoms with van der Waals surface area (Å²) in [5.41, 5.74) is 3.93. The van der Waals surface area contributed by atoms with E-state index in [0.29, 0.717) is 13.0 Å². The van der Waals surface area contributed by atoms with Crippen LogP contribution in [0.25, 0.3) is 0 Å². The van der Waals surface area contributed by atoms with E-state index in [0.717, 1.165) is 12.6 Å². The smallest absolute Gasteiger partial charge is 0.385 e. The lowest BCUT2D eigenvalue weighted by molar-refractivity contribution is -0.137. The lowest BCUT2D eigenvalue weighted by Crippen LogP contribution is -2.18. The number of rotatable bonds is 6. The van der Waals surface area contributed by atoms with Crippen molar-refractivity contribution in [2.75, 3.05) is 32.5 Å². The Morgan fingerprint density at radius 3 is 2.50 bits per heavy atom. The van der Waals surface area contributed by atoms with Crippen LogP contribution in [0, 0.1) is 0 Å². The quantitative estimate of drug-likeness (QED) is 0.789. The highest BCUT2D eigenvalue weighted by atomic mass is 19.4. The van der Waals surface area contributed by atoms with E-state index in [1.54, 1.807) is 0 Å². The Bertz CT molecular complexity index is 472. The van der Waals surface area contributed by atoms with Crippen LogP contribution in [0.1, 0.15) is 22.3 Å². The summed E-state index contributed by atoms with van der Waals surface area (Å²) in [6.45, 7) is 1.19. The topological polar surface area (TPSA) is 58.4 Å². The molecule has 0 saturated heterocycles. The average Bonchev–Trinajstić information content (AvgIpc) is 2.33. The molecule has 0 aromatic heterocycles. The van der Waals surface area contributed by atoms with Gasteiger partial charge in [-0.1, -0.05) is 0 Å².